The molecule has 0 aromatic heterocycles. The maximum atomic E-state index is 11.5. The van der Waals surface area contributed by atoms with Crippen LogP contribution in [0.25, 0.3) is 24.3 Å². The number of rotatable bonds is 6. The predicted octanol–water partition coefficient (Wildman–Crippen LogP) is 5.60. The van der Waals surface area contributed by atoms with Crippen LogP contribution >= 0.6 is 0 Å². The van der Waals surface area contributed by atoms with Crippen LogP contribution in [-0.2, 0) is 9.47 Å². The first kappa shape index (κ1) is 20.8. The van der Waals surface area contributed by atoms with Gasteiger partial charge in [0.15, 0.2) is 0 Å². The normalized spacial score (nSPS) is 11.0. The van der Waals surface area contributed by atoms with Gasteiger partial charge in [-0.05, 0) is 46.5 Å². The lowest BCUT2D eigenvalue weighted by molar-refractivity contribution is 0.0592. The van der Waals surface area contributed by atoms with Gasteiger partial charge in [-0.25, -0.2) is 9.59 Å². The number of benzene rings is 3. The number of carbonyl (C=O) groups is 2. The van der Waals surface area contributed by atoms with Crippen molar-refractivity contribution >= 4 is 36.2 Å². The Hall–Kier alpha value is -3.92. The Morgan fingerprint density at radius 2 is 0.733 bits per heavy atom. The fourth-order valence-electron chi connectivity index (χ4n) is 2.80. The van der Waals surface area contributed by atoms with Crippen LogP contribution in [0.1, 0.15) is 43.0 Å². The number of esters is 2. The number of ether oxygens (including phenoxy) is 2. The van der Waals surface area contributed by atoms with E-state index >= 15 is 0 Å². The van der Waals surface area contributed by atoms with Crippen LogP contribution in [0, 0.1) is 0 Å². The van der Waals surface area contributed by atoms with Crippen LogP contribution in [-0.4, -0.2) is 26.2 Å². The summed E-state index contributed by atoms with van der Waals surface area (Å²) in [6, 6.07) is 22.7. The lowest BCUT2D eigenvalue weighted by Crippen LogP contribution is -2.00. The summed E-state index contributed by atoms with van der Waals surface area (Å²) in [5.41, 5.74) is 5.22. The van der Waals surface area contributed by atoms with Crippen LogP contribution in [0.2, 0.25) is 0 Å². The fraction of sp³-hybridized carbons (Fsp3) is 0.0769. The molecule has 4 heteroatoms. The predicted molar refractivity (Wildman–Crippen MR) is 120 cm³/mol. The summed E-state index contributed by atoms with van der Waals surface area (Å²) in [7, 11) is 2.74. The molecular weight excluding hydrogens is 376 g/mol. The van der Waals surface area contributed by atoms with Crippen molar-refractivity contribution in [3.8, 4) is 0 Å². The van der Waals surface area contributed by atoms with Crippen molar-refractivity contribution < 1.29 is 19.1 Å². The zero-order valence-corrected chi connectivity index (χ0v) is 16.9. The van der Waals surface area contributed by atoms with Gasteiger partial charge in [-0.3, -0.25) is 0 Å². The van der Waals surface area contributed by atoms with Crippen molar-refractivity contribution in [1.82, 2.24) is 0 Å². The van der Waals surface area contributed by atoms with Gasteiger partial charge in [0, 0.05) is 0 Å². The zero-order chi connectivity index (χ0) is 21.3. The average molecular weight is 398 g/mol. The maximum Gasteiger partial charge on any atom is 0.337 e. The molecule has 0 atom stereocenters. The first-order chi connectivity index (χ1) is 14.6. The second kappa shape index (κ2) is 10.0. The molecule has 0 aliphatic heterocycles. The molecule has 30 heavy (non-hydrogen) atoms. The highest BCUT2D eigenvalue weighted by molar-refractivity contribution is 5.90. The topological polar surface area (TPSA) is 52.6 Å². The summed E-state index contributed by atoms with van der Waals surface area (Å²) in [5, 5.41) is 0. The molecule has 0 heterocycles. The van der Waals surface area contributed by atoms with E-state index in [0.717, 1.165) is 22.3 Å². The summed E-state index contributed by atoms with van der Waals surface area (Å²) in [6.07, 6.45) is 8.03. The molecule has 3 aromatic carbocycles. The molecule has 0 spiro atoms. The van der Waals surface area contributed by atoms with E-state index in [1.54, 1.807) is 24.3 Å². The summed E-state index contributed by atoms with van der Waals surface area (Å²) in [6.45, 7) is 0. The molecule has 0 saturated heterocycles. The molecule has 0 fully saturated rings. The summed E-state index contributed by atoms with van der Waals surface area (Å²) in [5.74, 6) is -0.679. The lowest BCUT2D eigenvalue weighted by atomic mass is 10.1. The molecule has 3 aromatic rings. The van der Waals surface area contributed by atoms with Crippen LogP contribution in [0.4, 0.5) is 0 Å². The molecule has 0 bridgehead atoms. The van der Waals surface area contributed by atoms with Crippen LogP contribution < -0.4 is 0 Å². The van der Waals surface area contributed by atoms with Gasteiger partial charge in [-0.1, -0.05) is 72.8 Å². The minimum Gasteiger partial charge on any atom is -0.465 e. The van der Waals surface area contributed by atoms with E-state index < -0.39 is 0 Å². The minimum atomic E-state index is -0.339. The van der Waals surface area contributed by atoms with Gasteiger partial charge in [-0.2, -0.15) is 0 Å². The first-order valence-electron chi connectivity index (χ1n) is 9.42. The number of hydrogen-bond acceptors (Lipinski definition) is 4. The molecule has 0 N–H and O–H groups in total. The maximum absolute atomic E-state index is 11.5. The highest BCUT2D eigenvalue weighted by Crippen LogP contribution is 2.14. The summed E-state index contributed by atoms with van der Waals surface area (Å²) in [4.78, 5) is 22.9. The molecule has 0 amide bonds. The molecule has 0 saturated carbocycles. The number of carbonyl (C=O) groups excluding carboxylic acids is 2. The van der Waals surface area contributed by atoms with Gasteiger partial charge >= 0.3 is 11.9 Å². The van der Waals surface area contributed by atoms with E-state index in [1.807, 2.05) is 72.8 Å². The van der Waals surface area contributed by atoms with E-state index in [4.69, 9.17) is 9.47 Å². The number of hydrogen-bond donors (Lipinski definition) is 0. The van der Waals surface area contributed by atoms with Gasteiger partial charge in [0.25, 0.3) is 0 Å². The van der Waals surface area contributed by atoms with Crippen molar-refractivity contribution in [2.24, 2.45) is 0 Å². The van der Waals surface area contributed by atoms with Crippen molar-refractivity contribution in [2.45, 2.75) is 0 Å². The van der Waals surface area contributed by atoms with E-state index in [9.17, 15) is 9.59 Å². The summed E-state index contributed by atoms with van der Waals surface area (Å²) >= 11 is 0. The largest absolute Gasteiger partial charge is 0.465 e. The van der Waals surface area contributed by atoms with E-state index in [-0.39, 0.29) is 11.9 Å². The highest BCUT2D eigenvalue weighted by atomic mass is 16.5. The highest BCUT2D eigenvalue weighted by Gasteiger charge is 2.04. The van der Waals surface area contributed by atoms with E-state index in [1.165, 1.54) is 14.2 Å². The van der Waals surface area contributed by atoms with E-state index in [0.29, 0.717) is 11.1 Å². The third kappa shape index (κ3) is 5.55. The van der Waals surface area contributed by atoms with Gasteiger partial charge in [0.05, 0.1) is 25.3 Å². The summed E-state index contributed by atoms with van der Waals surface area (Å²) < 4.78 is 9.41. The van der Waals surface area contributed by atoms with Crippen molar-refractivity contribution in [3.63, 3.8) is 0 Å². The van der Waals surface area contributed by atoms with Crippen molar-refractivity contribution in [1.29, 1.82) is 0 Å². The van der Waals surface area contributed by atoms with Crippen LogP contribution in [0.3, 0.4) is 0 Å². The zero-order valence-electron chi connectivity index (χ0n) is 16.9. The monoisotopic (exact) mass is 398 g/mol. The quantitative estimate of drug-likeness (QED) is 0.401. The van der Waals surface area contributed by atoms with Crippen LogP contribution in [0.5, 0.6) is 0 Å². The van der Waals surface area contributed by atoms with Gasteiger partial charge in [0.1, 0.15) is 0 Å². The SMILES string of the molecule is COC(=O)c1ccc(/C=C/c2ccc(/C=C/c3ccc(C(=O)OC)cc3)cc2)cc1. The number of methoxy groups -OCH3 is 2. The standard InChI is InChI=1S/C26H22O4/c1-29-25(27)23-15-11-21(12-16-23)9-7-19-3-5-20(6-4-19)8-10-22-13-17-24(18-14-22)26(28)30-2/h3-18H,1-2H3/b9-7+,10-8+. The molecule has 0 aliphatic carbocycles. The van der Waals surface area contributed by atoms with Gasteiger partial charge < -0.3 is 9.47 Å². The van der Waals surface area contributed by atoms with Crippen molar-refractivity contribution in [2.75, 3.05) is 14.2 Å². The Kier molecular flexibility index (Phi) is 6.95. The Morgan fingerprint density at radius 1 is 0.500 bits per heavy atom. The smallest absolute Gasteiger partial charge is 0.337 e. The van der Waals surface area contributed by atoms with Crippen LogP contribution in [0.15, 0.2) is 72.8 Å². The molecule has 0 unspecified atom stereocenters. The molecule has 0 aliphatic rings. The first-order valence-corrected chi connectivity index (χ1v) is 9.42. The van der Waals surface area contributed by atoms with Gasteiger partial charge in [0.2, 0.25) is 0 Å². The molecule has 0 radical (unpaired) electrons. The molecular formula is C26H22O4. The fourth-order valence-corrected chi connectivity index (χ4v) is 2.80. The van der Waals surface area contributed by atoms with Crippen molar-refractivity contribution in [3.05, 3.63) is 106 Å². The Labute approximate surface area is 176 Å². The lowest BCUT2D eigenvalue weighted by Gasteiger charge is -2.00. The third-order valence-corrected chi connectivity index (χ3v) is 4.54. The minimum absolute atomic E-state index is 0.339. The molecule has 4 nitrogen and oxygen atoms in total. The second-order valence-corrected chi connectivity index (χ2v) is 6.56. The van der Waals surface area contributed by atoms with E-state index in [2.05, 4.69) is 0 Å². The average Bonchev–Trinajstić information content (AvgIpc) is 2.81. The Bertz CT molecular complexity index is 969. The second-order valence-electron chi connectivity index (χ2n) is 6.56. The Balaban J connectivity index is 1.62. The third-order valence-electron chi connectivity index (χ3n) is 4.54. The Morgan fingerprint density at radius 3 is 0.967 bits per heavy atom. The molecule has 150 valence electrons. The molecule has 3 rings (SSSR count). The van der Waals surface area contributed by atoms with Gasteiger partial charge in [-0.15, -0.1) is 0 Å².